The van der Waals surface area contributed by atoms with Crippen molar-refractivity contribution >= 4 is 29.4 Å². The molecule has 1 saturated heterocycles. The summed E-state index contributed by atoms with van der Waals surface area (Å²) in [6, 6.07) is 19.0. The lowest BCUT2D eigenvalue weighted by atomic mass is 9.68. The lowest BCUT2D eigenvalue weighted by molar-refractivity contribution is -0.108. The zero-order valence-corrected chi connectivity index (χ0v) is 15.7. The van der Waals surface area contributed by atoms with E-state index < -0.39 is 6.04 Å². The van der Waals surface area contributed by atoms with Gasteiger partial charge >= 0.3 is 0 Å². The predicted octanol–water partition coefficient (Wildman–Crippen LogP) is 5.28. The molecule has 1 nitrogen and oxygen atoms in total. The zero-order valence-electron chi connectivity index (χ0n) is 14.0. The van der Waals surface area contributed by atoms with E-state index in [1.165, 1.54) is 28.3 Å². The van der Waals surface area contributed by atoms with Crippen LogP contribution in [0.2, 0.25) is 0 Å². The molecule has 0 aromatic heterocycles. The van der Waals surface area contributed by atoms with Gasteiger partial charge in [0.25, 0.3) is 0 Å². The lowest BCUT2D eigenvalue weighted by Gasteiger charge is -2.38. The Morgan fingerprint density at radius 1 is 1.08 bits per heavy atom. The second-order valence-corrected chi connectivity index (χ2v) is 12.1. The van der Waals surface area contributed by atoms with Crippen LogP contribution in [0.4, 0.5) is 0 Å². The van der Waals surface area contributed by atoms with Crippen molar-refractivity contribution in [3.8, 4) is 0 Å². The van der Waals surface area contributed by atoms with Crippen molar-refractivity contribution < 1.29 is 4.79 Å². The van der Waals surface area contributed by atoms with E-state index in [4.69, 9.17) is 11.8 Å². The molecule has 1 fully saturated rings. The number of rotatable bonds is 3. The number of carbonyl (C=O) groups excluding carboxylic acids is 1. The Balaban J connectivity index is 1.95. The van der Waals surface area contributed by atoms with Gasteiger partial charge in [-0.15, -0.1) is 0 Å². The molecule has 2 bridgehead atoms. The summed E-state index contributed by atoms with van der Waals surface area (Å²) in [5, 5.41) is 1.32. The van der Waals surface area contributed by atoms with Crippen LogP contribution in [0.25, 0.3) is 5.31 Å². The molecular weight excluding hydrogens is 331 g/mol. The van der Waals surface area contributed by atoms with Gasteiger partial charge in [0.15, 0.2) is 0 Å². The molecule has 3 heteroatoms. The Morgan fingerprint density at radius 3 is 2.25 bits per heavy atom. The normalized spacial score (nSPS) is 34.6. The average molecular weight is 352 g/mol. The third-order valence-electron chi connectivity index (χ3n) is 6.01. The fraction of sp³-hybridized carbons (Fsp3) is 0.286. The number of carbonyl (C=O) groups is 1. The van der Waals surface area contributed by atoms with E-state index in [9.17, 15) is 4.79 Å². The molecule has 2 heterocycles. The summed E-state index contributed by atoms with van der Waals surface area (Å²) in [6.45, 7) is 4.56. The molecule has 2 aliphatic heterocycles. The molecule has 4 rings (SSSR count). The van der Waals surface area contributed by atoms with Gasteiger partial charge in [-0.1, -0.05) is 85.0 Å². The van der Waals surface area contributed by atoms with Gasteiger partial charge in [0.2, 0.25) is 0 Å². The maximum Gasteiger partial charge on any atom is 0.129 e. The Bertz CT molecular complexity index is 871. The second-order valence-electron chi connectivity index (χ2n) is 7.23. The van der Waals surface area contributed by atoms with E-state index >= 15 is 0 Å². The molecule has 0 N–H and O–H groups in total. The van der Waals surface area contributed by atoms with Crippen LogP contribution in [-0.2, 0) is 16.6 Å². The van der Waals surface area contributed by atoms with Crippen LogP contribution >= 0.6 is 6.04 Å². The third kappa shape index (κ3) is 2.00. The summed E-state index contributed by atoms with van der Waals surface area (Å²) < 4.78 is 0. The number of fused-ring (bicyclic) bond motifs is 2. The number of benzene rings is 2. The minimum Gasteiger partial charge on any atom is -0.303 e. The van der Waals surface area contributed by atoms with Crippen molar-refractivity contribution in [3.63, 3.8) is 0 Å². The SMILES string of the molecule is CC1=C(c2ccccc2)[P@]2(=S)C[C@@]1(C)[C@@H](c1ccccc1)[C@@H]2C=O. The van der Waals surface area contributed by atoms with Crippen molar-refractivity contribution in [1.29, 1.82) is 0 Å². The highest BCUT2D eigenvalue weighted by molar-refractivity contribution is 8.20. The van der Waals surface area contributed by atoms with Gasteiger partial charge in [0.1, 0.15) is 6.29 Å². The van der Waals surface area contributed by atoms with Gasteiger partial charge in [0, 0.05) is 11.3 Å². The van der Waals surface area contributed by atoms with Gasteiger partial charge in [-0.05, 0) is 35.6 Å². The van der Waals surface area contributed by atoms with E-state index in [0.29, 0.717) is 0 Å². The second kappa shape index (κ2) is 5.51. The van der Waals surface area contributed by atoms with Crippen molar-refractivity contribution in [1.82, 2.24) is 0 Å². The summed E-state index contributed by atoms with van der Waals surface area (Å²) in [5.74, 6) is 0.217. The molecule has 2 aromatic carbocycles. The van der Waals surface area contributed by atoms with Crippen molar-refractivity contribution in [3.05, 3.63) is 77.4 Å². The summed E-state index contributed by atoms with van der Waals surface area (Å²) in [5.41, 5.74) is 3.84. The highest BCUT2D eigenvalue weighted by Crippen LogP contribution is 2.82. The molecule has 0 amide bonds. The smallest absolute Gasteiger partial charge is 0.129 e. The quantitative estimate of drug-likeness (QED) is 0.552. The standard InChI is InChI=1S/C21H21OPS/c1-15-20(17-11-7-4-8-12-17)23(24)14-21(15,2)19(18(23)13-22)16-9-5-3-6-10-16/h3-13,18-19H,14H2,1-2H3/t18-,19-,21+,23-/m0/s1. The van der Waals surface area contributed by atoms with Crippen LogP contribution in [0.15, 0.2) is 66.2 Å². The van der Waals surface area contributed by atoms with Gasteiger partial charge in [-0.3, -0.25) is 0 Å². The van der Waals surface area contributed by atoms with Crippen molar-refractivity contribution in [2.75, 3.05) is 6.16 Å². The monoisotopic (exact) mass is 352 g/mol. The Morgan fingerprint density at radius 2 is 1.67 bits per heavy atom. The molecule has 4 atom stereocenters. The molecular formula is C21H21OPS. The van der Waals surface area contributed by atoms with Crippen LogP contribution in [0.3, 0.4) is 0 Å². The lowest BCUT2D eigenvalue weighted by Crippen LogP contribution is -2.31. The van der Waals surface area contributed by atoms with Crippen LogP contribution in [0.1, 0.15) is 30.9 Å². The van der Waals surface area contributed by atoms with E-state index in [1.807, 2.05) is 12.1 Å². The van der Waals surface area contributed by atoms with Gasteiger partial charge in [-0.2, -0.15) is 0 Å². The Labute approximate surface area is 148 Å². The summed E-state index contributed by atoms with van der Waals surface area (Å²) >= 11 is 6.28. The molecule has 0 aliphatic carbocycles. The first-order valence-electron chi connectivity index (χ1n) is 8.39. The maximum atomic E-state index is 12.2. The van der Waals surface area contributed by atoms with E-state index in [1.54, 1.807) is 0 Å². The Hall–Kier alpha value is -1.50. The maximum absolute atomic E-state index is 12.2. The van der Waals surface area contributed by atoms with Crippen LogP contribution in [-0.4, -0.2) is 18.1 Å². The predicted molar refractivity (Wildman–Crippen MR) is 105 cm³/mol. The van der Waals surface area contributed by atoms with Gasteiger partial charge < -0.3 is 4.79 Å². The topological polar surface area (TPSA) is 17.1 Å². The fourth-order valence-corrected chi connectivity index (χ4v) is 11.6. The molecule has 0 radical (unpaired) electrons. The third-order valence-corrected chi connectivity index (χ3v) is 11.5. The number of hydrogen-bond acceptors (Lipinski definition) is 2. The first-order valence-corrected chi connectivity index (χ1v) is 11.4. The van der Waals surface area contributed by atoms with E-state index in [2.05, 4.69) is 62.4 Å². The van der Waals surface area contributed by atoms with Crippen LogP contribution < -0.4 is 0 Å². The number of allylic oxidation sites excluding steroid dienone is 1. The van der Waals surface area contributed by atoms with Crippen molar-refractivity contribution in [2.24, 2.45) is 5.41 Å². The Kier molecular flexibility index (Phi) is 3.67. The van der Waals surface area contributed by atoms with Crippen LogP contribution in [0.5, 0.6) is 0 Å². The van der Waals surface area contributed by atoms with Gasteiger partial charge in [0.05, 0.1) is 5.66 Å². The largest absolute Gasteiger partial charge is 0.303 e. The highest BCUT2D eigenvalue weighted by atomic mass is 32.4. The summed E-state index contributed by atoms with van der Waals surface area (Å²) in [7, 11) is 0. The molecule has 122 valence electrons. The molecule has 0 unspecified atom stereocenters. The number of hydrogen-bond donors (Lipinski definition) is 0. The molecule has 0 saturated carbocycles. The average Bonchev–Trinajstić information content (AvgIpc) is 2.96. The highest BCUT2D eigenvalue weighted by Gasteiger charge is 2.62. The van der Waals surface area contributed by atoms with E-state index in [-0.39, 0.29) is 17.0 Å². The summed E-state index contributed by atoms with van der Waals surface area (Å²) in [4.78, 5) is 12.2. The van der Waals surface area contributed by atoms with Crippen LogP contribution in [0, 0.1) is 5.41 Å². The minimum atomic E-state index is -1.92. The first kappa shape index (κ1) is 16.0. The zero-order chi connectivity index (χ0) is 16.9. The first-order chi connectivity index (χ1) is 11.5. The van der Waals surface area contributed by atoms with E-state index in [0.717, 1.165) is 6.16 Å². The molecule has 0 spiro atoms. The van der Waals surface area contributed by atoms with Crippen molar-refractivity contribution in [2.45, 2.75) is 25.4 Å². The molecule has 24 heavy (non-hydrogen) atoms. The van der Waals surface area contributed by atoms with Gasteiger partial charge in [-0.25, -0.2) is 0 Å². The fourth-order valence-electron chi connectivity index (χ4n) is 4.88. The molecule has 2 aliphatic rings. The molecule has 2 aromatic rings. The summed E-state index contributed by atoms with van der Waals surface area (Å²) in [6.07, 6.45) is 2.15. The minimum absolute atomic E-state index is 0.00632. The number of aldehydes is 1.